The Labute approximate surface area is 92.8 Å². The first kappa shape index (κ1) is 14.4. The maximum absolute atomic E-state index is 11.2. The molecular formula is C12H24O3. The Morgan fingerprint density at radius 2 is 2.00 bits per heavy atom. The minimum Gasteiger partial charge on any atom is -0.464 e. The quantitative estimate of drug-likeness (QED) is 0.634. The average molecular weight is 216 g/mol. The molecule has 0 aliphatic heterocycles. The van der Waals surface area contributed by atoms with Crippen LogP contribution < -0.4 is 0 Å². The fourth-order valence-corrected chi connectivity index (χ4v) is 1.63. The Balaban J connectivity index is 3.88. The van der Waals surface area contributed by atoms with E-state index in [4.69, 9.17) is 4.74 Å². The highest BCUT2D eigenvalue weighted by Crippen LogP contribution is 2.18. The predicted octanol–water partition coefficient (Wildman–Crippen LogP) is 2.52. The van der Waals surface area contributed by atoms with Gasteiger partial charge in [-0.1, -0.05) is 39.5 Å². The molecule has 0 aromatic rings. The summed E-state index contributed by atoms with van der Waals surface area (Å²) in [6, 6.07) is 0. The number of hydrogen-bond acceptors (Lipinski definition) is 3. The van der Waals surface area contributed by atoms with Crippen molar-refractivity contribution in [2.24, 2.45) is 5.92 Å². The van der Waals surface area contributed by atoms with Crippen molar-refractivity contribution in [3.8, 4) is 0 Å². The van der Waals surface area contributed by atoms with Crippen molar-refractivity contribution in [2.75, 3.05) is 6.61 Å². The van der Waals surface area contributed by atoms with Crippen molar-refractivity contribution < 1.29 is 14.6 Å². The molecule has 0 aliphatic carbocycles. The predicted molar refractivity (Wildman–Crippen MR) is 60.6 cm³/mol. The van der Waals surface area contributed by atoms with Crippen LogP contribution in [0.5, 0.6) is 0 Å². The van der Waals surface area contributed by atoms with Crippen molar-refractivity contribution in [1.82, 2.24) is 0 Å². The summed E-state index contributed by atoms with van der Waals surface area (Å²) in [6.45, 7) is 6.33. The second kappa shape index (κ2) is 8.72. The number of unbranched alkanes of at least 4 members (excludes halogenated alkanes) is 1. The van der Waals surface area contributed by atoms with E-state index in [1.807, 2.05) is 0 Å². The molecule has 0 heterocycles. The van der Waals surface area contributed by atoms with Gasteiger partial charge in [0.05, 0.1) is 6.61 Å². The van der Waals surface area contributed by atoms with Gasteiger partial charge in [0, 0.05) is 0 Å². The molecule has 0 fully saturated rings. The largest absolute Gasteiger partial charge is 0.464 e. The molecule has 0 spiro atoms. The molecule has 0 rings (SSSR count). The summed E-state index contributed by atoms with van der Waals surface area (Å²) in [7, 11) is 0. The van der Waals surface area contributed by atoms with Gasteiger partial charge in [-0.2, -0.15) is 0 Å². The maximum Gasteiger partial charge on any atom is 0.334 e. The summed E-state index contributed by atoms with van der Waals surface area (Å²) in [4.78, 5) is 11.2. The number of aliphatic hydroxyl groups excluding tert-OH is 1. The van der Waals surface area contributed by atoms with E-state index in [0.29, 0.717) is 18.9 Å². The van der Waals surface area contributed by atoms with Gasteiger partial charge in [0.25, 0.3) is 0 Å². The third kappa shape index (κ3) is 6.50. The fourth-order valence-electron chi connectivity index (χ4n) is 1.63. The lowest BCUT2D eigenvalue weighted by Crippen LogP contribution is -2.25. The number of ether oxygens (including phenoxy) is 1. The average Bonchev–Trinajstić information content (AvgIpc) is 2.24. The zero-order valence-corrected chi connectivity index (χ0v) is 10.2. The first-order valence-electron chi connectivity index (χ1n) is 6.00. The molecule has 0 radical (unpaired) electrons. The summed E-state index contributed by atoms with van der Waals surface area (Å²) in [5, 5.41) is 9.58. The molecule has 0 saturated heterocycles. The minimum absolute atomic E-state index is 0.335. The molecule has 0 aromatic carbocycles. The molecule has 0 bridgehead atoms. The zero-order valence-electron chi connectivity index (χ0n) is 10.2. The van der Waals surface area contributed by atoms with Crippen LogP contribution in [0.1, 0.15) is 52.9 Å². The summed E-state index contributed by atoms with van der Waals surface area (Å²) < 4.78 is 4.76. The summed E-state index contributed by atoms with van der Waals surface area (Å²) in [5.41, 5.74) is 0. The molecule has 90 valence electrons. The molecule has 0 aromatic heterocycles. The van der Waals surface area contributed by atoms with E-state index >= 15 is 0 Å². The van der Waals surface area contributed by atoms with Gasteiger partial charge in [0.15, 0.2) is 6.10 Å². The van der Waals surface area contributed by atoms with Crippen LogP contribution in [0.15, 0.2) is 0 Å². The van der Waals surface area contributed by atoms with Gasteiger partial charge < -0.3 is 9.84 Å². The van der Waals surface area contributed by atoms with Crippen LogP contribution in [0.3, 0.4) is 0 Å². The maximum atomic E-state index is 11.2. The van der Waals surface area contributed by atoms with E-state index < -0.39 is 12.1 Å². The second-order valence-corrected chi connectivity index (χ2v) is 3.92. The van der Waals surface area contributed by atoms with E-state index in [1.54, 1.807) is 6.92 Å². The van der Waals surface area contributed by atoms with Crippen molar-refractivity contribution in [1.29, 1.82) is 0 Å². The number of hydrogen-bond donors (Lipinski definition) is 1. The fraction of sp³-hybridized carbons (Fsp3) is 0.917. The third-order valence-corrected chi connectivity index (χ3v) is 2.66. The molecular weight excluding hydrogens is 192 g/mol. The normalized spacial score (nSPS) is 14.7. The summed E-state index contributed by atoms with van der Waals surface area (Å²) in [5.74, 6) is -0.0446. The van der Waals surface area contributed by atoms with E-state index in [-0.39, 0.29) is 0 Å². The summed E-state index contributed by atoms with van der Waals surface area (Å²) >= 11 is 0. The SMILES string of the molecule is CCCCC(CC)CC(O)C(=O)OCC. The molecule has 0 amide bonds. The first-order chi connectivity index (χ1) is 7.15. The van der Waals surface area contributed by atoms with Gasteiger partial charge >= 0.3 is 5.97 Å². The van der Waals surface area contributed by atoms with Crippen LogP contribution in [0.4, 0.5) is 0 Å². The van der Waals surface area contributed by atoms with E-state index in [2.05, 4.69) is 13.8 Å². The van der Waals surface area contributed by atoms with Gasteiger partial charge in [-0.05, 0) is 19.3 Å². The molecule has 2 atom stereocenters. The molecule has 3 nitrogen and oxygen atoms in total. The highest BCUT2D eigenvalue weighted by molar-refractivity contribution is 5.74. The second-order valence-electron chi connectivity index (χ2n) is 3.92. The lowest BCUT2D eigenvalue weighted by molar-refractivity contribution is -0.154. The Bertz CT molecular complexity index is 168. The van der Waals surface area contributed by atoms with Crippen LogP contribution in [0.2, 0.25) is 0 Å². The van der Waals surface area contributed by atoms with Crippen LogP contribution in [0.25, 0.3) is 0 Å². The van der Waals surface area contributed by atoms with Crippen LogP contribution in [0, 0.1) is 5.92 Å². The first-order valence-corrected chi connectivity index (χ1v) is 6.00. The lowest BCUT2D eigenvalue weighted by Gasteiger charge is -2.17. The van der Waals surface area contributed by atoms with Gasteiger partial charge in [-0.3, -0.25) is 0 Å². The van der Waals surface area contributed by atoms with Gasteiger partial charge in [-0.25, -0.2) is 4.79 Å². The van der Waals surface area contributed by atoms with Gasteiger partial charge in [-0.15, -0.1) is 0 Å². The van der Waals surface area contributed by atoms with Gasteiger partial charge in [0.1, 0.15) is 0 Å². The monoisotopic (exact) mass is 216 g/mol. The molecule has 0 saturated carbocycles. The molecule has 2 unspecified atom stereocenters. The highest BCUT2D eigenvalue weighted by atomic mass is 16.5. The molecule has 0 aliphatic rings. The zero-order chi connectivity index (χ0) is 11.7. The Hall–Kier alpha value is -0.570. The number of aliphatic hydroxyl groups is 1. The van der Waals surface area contributed by atoms with Crippen LogP contribution >= 0.6 is 0 Å². The Morgan fingerprint density at radius 1 is 1.33 bits per heavy atom. The smallest absolute Gasteiger partial charge is 0.334 e. The Kier molecular flexibility index (Phi) is 8.38. The molecule has 15 heavy (non-hydrogen) atoms. The van der Waals surface area contributed by atoms with Crippen LogP contribution in [-0.4, -0.2) is 23.8 Å². The topological polar surface area (TPSA) is 46.5 Å². The Morgan fingerprint density at radius 3 is 2.47 bits per heavy atom. The molecule has 1 N–H and O–H groups in total. The van der Waals surface area contributed by atoms with Crippen molar-refractivity contribution >= 4 is 5.97 Å². The van der Waals surface area contributed by atoms with Crippen molar-refractivity contribution in [3.05, 3.63) is 0 Å². The van der Waals surface area contributed by atoms with E-state index in [0.717, 1.165) is 25.7 Å². The molecule has 3 heteroatoms. The number of carbonyl (C=O) groups excluding carboxylic acids is 1. The highest BCUT2D eigenvalue weighted by Gasteiger charge is 2.20. The van der Waals surface area contributed by atoms with E-state index in [1.165, 1.54) is 0 Å². The standard InChI is InChI=1S/C12H24O3/c1-4-7-8-10(5-2)9-11(13)12(14)15-6-3/h10-11,13H,4-9H2,1-3H3. The summed E-state index contributed by atoms with van der Waals surface area (Å²) in [6.07, 6.45) is 4.02. The number of carbonyl (C=O) groups is 1. The number of esters is 1. The third-order valence-electron chi connectivity index (χ3n) is 2.66. The van der Waals surface area contributed by atoms with E-state index in [9.17, 15) is 9.90 Å². The van der Waals surface area contributed by atoms with Crippen molar-refractivity contribution in [3.63, 3.8) is 0 Å². The lowest BCUT2D eigenvalue weighted by atomic mass is 9.93. The van der Waals surface area contributed by atoms with Gasteiger partial charge in [0.2, 0.25) is 0 Å². The minimum atomic E-state index is -0.938. The number of rotatable bonds is 8. The van der Waals surface area contributed by atoms with Crippen molar-refractivity contribution in [2.45, 2.75) is 59.0 Å². The van der Waals surface area contributed by atoms with Crippen LogP contribution in [-0.2, 0) is 9.53 Å².